The first kappa shape index (κ1) is 16.6. The number of halogens is 1. The minimum Gasteiger partial charge on any atom is -0.303 e. The molecule has 6 nitrogen and oxygen atoms in total. The van der Waals surface area contributed by atoms with Crippen LogP contribution < -0.4 is 5.32 Å². The molecule has 4 heterocycles. The number of amides is 1. The fourth-order valence-corrected chi connectivity index (χ4v) is 3.94. The maximum atomic E-state index is 13.6. The van der Waals surface area contributed by atoms with Gasteiger partial charge in [0.15, 0.2) is 11.6 Å². The van der Waals surface area contributed by atoms with Gasteiger partial charge in [0.1, 0.15) is 10.7 Å². The van der Waals surface area contributed by atoms with Crippen molar-refractivity contribution in [3.8, 4) is 21.3 Å². The Labute approximate surface area is 156 Å². The molecule has 1 N–H and O–H groups in total. The van der Waals surface area contributed by atoms with Crippen molar-refractivity contribution in [3.63, 3.8) is 0 Å². The van der Waals surface area contributed by atoms with Gasteiger partial charge in [-0.1, -0.05) is 0 Å². The van der Waals surface area contributed by atoms with Crippen LogP contribution in [0.25, 0.3) is 21.3 Å². The average molecular weight is 385 g/mol. The number of aryl methyl sites for hydroxylation is 1. The van der Waals surface area contributed by atoms with E-state index in [4.69, 9.17) is 0 Å². The highest BCUT2D eigenvalue weighted by molar-refractivity contribution is 7.17. The molecule has 0 spiro atoms. The average Bonchev–Trinajstić information content (AvgIpc) is 3.36. The van der Waals surface area contributed by atoms with Crippen molar-refractivity contribution in [2.45, 2.75) is 0 Å². The van der Waals surface area contributed by atoms with Crippen LogP contribution in [0.2, 0.25) is 0 Å². The Morgan fingerprint density at radius 2 is 2.12 bits per heavy atom. The van der Waals surface area contributed by atoms with Crippen molar-refractivity contribution in [3.05, 3.63) is 58.8 Å². The van der Waals surface area contributed by atoms with E-state index in [1.165, 1.54) is 41.0 Å². The molecule has 0 fully saturated rings. The molecule has 4 rings (SSSR count). The van der Waals surface area contributed by atoms with Crippen LogP contribution in [0, 0.1) is 5.82 Å². The van der Waals surface area contributed by atoms with Gasteiger partial charge < -0.3 is 5.32 Å². The van der Waals surface area contributed by atoms with Crippen LogP contribution in [0.15, 0.2) is 48.1 Å². The standard InChI is InChI=1S/C17H12FN5OS2/c1-23-12(9-11(22-23)17-20-7-8-25-17)13-4-5-14(26-13)16(24)21-15-10(18)3-2-6-19-15/h2-9H,1H3,(H,19,21,24). The molecule has 0 aliphatic carbocycles. The number of carbonyl (C=O) groups is 1. The third-order valence-electron chi connectivity index (χ3n) is 3.60. The Morgan fingerprint density at radius 3 is 2.88 bits per heavy atom. The molecule has 0 saturated heterocycles. The highest BCUT2D eigenvalue weighted by Gasteiger charge is 2.16. The van der Waals surface area contributed by atoms with Crippen molar-refractivity contribution in [2.24, 2.45) is 7.05 Å². The Bertz CT molecular complexity index is 1070. The number of hydrogen-bond acceptors (Lipinski definition) is 6. The van der Waals surface area contributed by atoms with Crippen molar-refractivity contribution in [2.75, 3.05) is 5.32 Å². The summed E-state index contributed by atoms with van der Waals surface area (Å²) in [5.41, 5.74) is 1.66. The summed E-state index contributed by atoms with van der Waals surface area (Å²) in [6, 6.07) is 8.20. The smallest absolute Gasteiger partial charge is 0.266 e. The lowest BCUT2D eigenvalue weighted by Gasteiger charge is -2.03. The molecule has 4 aromatic heterocycles. The van der Waals surface area contributed by atoms with E-state index >= 15 is 0 Å². The lowest BCUT2D eigenvalue weighted by molar-refractivity contribution is 0.102. The topological polar surface area (TPSA) is 72.7 Å². The molecule has 130 valence electrons. The van der Waals surface area contributed by atoms with E-state index in [0.717, 1.165) is 21.3 Å². The molecular weight excluding hydrogens is 373 g/mol. The maximum absolute atomic E-state index is 13.6. The summed E-state index contributed by atoms with van der Waals surface area (Å²) >= 11 is 2.82. The number of carbonyl (C=O) groups excluding carboxylic acids is 1. The number of thiazole rings is 1. The van der Waals surface area contributed by atoms with Crippen molar-refractivity contribution >= 4 is 34.4 Å². The monoisotopic (exact) mass is 385 g/mol. The van der Waals surface area contributed by atoms with Gasteiger partial charge in [0.2, 0.25) is 0 Å². The second-order valence-corrected chi connectivity index (χ2v) is 7.31. The first-order valence-corrected chi connectivity index (χ1v) is 9.27. The van der Waals surface area contributed by atoms with E-state index in [1.54, 1.807) is 16.9 Å². The second kappa shape index (κ2) is 6.77. The third kappa shape index (κ3) is 3.14. The van der Waals surface area contributed by atoms with Crippen molar-refractivity contribution in [1.29, 1.82) is 0 Å². The lowest BCUT2D eigenvalue weighted by atomic mass is 10.3. The molecule has 0 radical (unpaired) electrons. The van der Waals surface area contributed by atoms with E-state index < -0.39 is 11.7 Å². The quantitative estimate of drug-likeness (QED) is 0.575. The number of rotatable bonds is 4. The van der Waals surface area contributed by atoms with Crippen LogP contribution in [-0.2, 0) is 7.05 Å². The van der Waals surface area contributed by atoms with Crippen LogP contribution in [-0.4, -0.2) is 25.7 Å². The summed E-state index contributed by atoms with van der Waals surface area (Å²) in [7, 11) is 1.84. The number of anilines is 1. The molecule has 0 aliphatic rings. The van der Waals surface area contributed by atoms with E-state index in [9.17, 15) is 9.18 Å². The molecule has 0 unspecified atom stereocenters. The second-order valence-electron chi connectivity index (χ2n) is 5.33. The zero-order valence-corrected chi connectivity index (χ0v) is 15.1. The molecule has 26 heavy (non-hydrogen) atoms. The largest absolute Gasteiger partial charge is 0.303 e. The predicted molar refractivity (Wildman–Crippen MR) is 99.8 cm³/mol. The molecule has 9 heteroatoms. The van der Waals surface area contributed by atoms with Crippen molar-refractivity contribution < 1.29 is 9.18 Å². The number of pyridine rings is 1. The SMILES string of the molecule is Cn1nc(-c2nccs2)cc1-c1ccc(C(=O)Nc2ncccc2F)s1. The zero-order valence-electron chi connectivity index (χ0n) is 13.5. The summed E-state index contributed by atoms with van der Waals surface area (Å²) in [5.74, 6) is -1.06. The predicted octanol–water partition coefficient (Wildman–Crippen LogP) is 4.06. The Kier molecular flexibility index (Phi) is 4.31. The van der Waals surface area contributed by atoms with E-state index in [-0.39, 0.29) is 5.82 Å². The van der Waals surface area contributed by atoms with Gasteiger partial charge in [-0.05, 0) is 30.3 Å². The van der Waals surface area contributed by atoms with Gasteiger partial charge in [0.25, 0.3) is 5.91 Å². The minimum atomic E-state index is -0.572. The van der Waals surface area contributed by atoms with Crippen LogP contribution in [0.5, 0.6) is 0 Å². The summed E-state index contributed by atoms with van der Waals surface area (Å²) in [4.78, 5) is 21.8. The van der Waals surface area contributed by atoms with Gasteiger partial charge in [-0.3, -0.25) is 9.48 Å². The van der Waals surface area contributed by atoms with E-state index in [1.807, 2.05) is 24.6 Å². The lowest BCUT2D eigenvalue weighted by Crippen LogP contribution is -2.12. The minimum absolute atomic E-state index is 0.0842. The normalized spacial score (nSPS) is 10.8. The van der Waals surface area contributed by atoms with Gasteiger partial charge >= 0.3 is 0 Å². The highest BCUT2D eigenvalue weighted by Crippen LogP contribution is 2.31. The molecule has 0 bridgehead atoms. The van der Waals surface area contributed by atoms with Gasteiger partial charge in [-0.15, -0.1) is 22.7 Å². The van der Waals surface area contributed by atoms with Gasteiger partial charge in [0.05, 0.1) is 15.4 Å². The Morgan fingerprint density at radius 1 is 1.23 bits per heavy atom. The fourth-order valence-electron chi connectivity index (χ4n) is 2.40. The van der Waals surface area contributed by atoms with E-state index in [0.29, 0.717) is 4.88 Å². The number of nitrogens with zero attached hydrogens (tertiary/aromatic N) is 4. The van der Waals surface area contributed by atoms with E-state index in [2.05, 4.69) is 20.4 Å². The molecular formula is C17H12FN5OS2. The van der Waals surface area contributed by atoms with Crippen LogP contribution in [0.3, 0.4) is 0 Å². The van der Waals surface area contributed by atoms with Crippen LogP contribution in [0.4, 0.5) is 10.2 Å². The molecule has 0 saturated carbocycles. The Balaban J connectivity index is 1.58. The number of thiophene rings is 1. The van der Waals surface area contributed by atoms with Gasteiger partial charge in [-0.2, -0.15) is 5.10 Å². The number of aromatic nitrogens is 4. The molecule has 0 atom stereocenters. The molecule has 0 aromatic carbocycles. The third-order valence-corrected chi connectivity index (χ3v) is 5.51. The van der Waals surface area contributed by atoms with Gasteiger partial charge in [0, 0.05) is 24.8 Å². The first-order chi connectivity index (χ1) is 12.6. The number of hydrogen-bond donors (Lipinski definition) is 1. The summed E-state index contributed by atoms with van der Waals surface area (Å²) in [6.07, 6.45) is 3.16. The zero-order chi connectivity index (χ0) is 18.1. The summed E-state index contributed by atoms with van der Waals surface area (Å²) in [6.45, 7) is 0. The highest BCUT2D eigenvalue weighted by atomic mass is 32.1. The van der Waals surface area contributed by atoms with Gasteiger partial charge in [-0.25, -0.2) is 14.4 Å². The van der Waals surface area contributed by atoms with Crippen molar-refractivity contribution in [1.82, 2.24) is 19.7 Å². The van der Waals surface area contributed by atoms with Crippen LogP contribution in [0.1, 0.15) is 9.67 Å². The molecule has 4 aromatic rings. The maximum Gasteiger partial charge on any atom is 0.266 e. The summed E-state index contributed by atoms with van der Waals surface area (Å²) < 4.78 is 15.4. The first-order valence-electron chi connectivity index (χ1n) is 7.58. The molecule has 1 amide bonds. The fraction of sp³-hybridized carbons (Fsp3) is 0.0588. The Hall–Kier alpha value is -2.91. The molecule has 0 aliphatic heterocycles. The van der Waals surface area contributed by atoms with Crippen LogP contribution >= 0.6 is 22.7 Å². The number of nitrogens with one attached hydrogen (secondary N) is 1. The summed E-state index contributed by atoms with van der Waals surface area (Å²) in [5, 5.41) is 9.70.